The maximum atomic E-state index is 12.1. The summed E-state index contributed by atoms with van der Waals surface area (Å²) in [7, 11) is 0. The number of rotatable bonds is 10. The van der Waals surface area contributed by atoms with E-state index in [1.807, 2.05) is 13.8 Å². The molecule has 0 saturated carbocycles. The average molecular weight is 257 g/mol. The first-order chi connectivity index (χ1) is 8.50. The summed E-state index contributed by atoms with van der Waals surface area (Å²) < 4.78 is 5.21. The largest absolute Gasteiger partial charge is 0.465 e. The molecule has 3 nitrogen and oxygen atoms in total. The van der Waals surface area contributed by atoms with Crippen molar-refractivity contribution in [2.45, 2.75) is 84.7 Å². The number of carbonyl (C=O) groups excluding carboxylic acids is 1. The van der Waals surface area contributed by atoms with Crippen LogP contribution in [0.3, 0.4) is 0 Å². The van der Waals surface area contributed by atoms with Crippen molar-refractivity contribution in [2.75, 3.05) is 6.61 Å². The van der Waals surface area contributed by atoms with Gasteiger partial charge in [0.2, 0.25) is 0 Å². The zero-order valence-electron chi connectivity index (χ0n) is 12.8. The summed E-state index contributed by atoms with van der Waals surface area (Å²) in [6.45, 7) is 10.7. The summed E-state index contributed by atoms with van der Waals surface area (Å²) in [6, 6.07) is 0.339. The Hall–Kier alpha value is -0.570. The van der Waals surface area contributed by atoms with Gasteiger partial charge in [-0.1, -0.05) is 39.5 Å². The van der Waals surface area contributed by atoms with Crippen LogP contribution in [-0.4, -0.2) is 24.2 Å². The fourth-order valence-electron chi connectivity index (χ4n) is 2.07. The molecule has 0 aliphatic heterocycles. The molecule has 1 N–H and O–H groups in total. The molecule has 0 rings (SSSR count). The molecule has 3 heteroatoms. The van der Waals surface area contributed by atoms with Crippen molar-refractivity contribution in [3.05, 3.63) is 0 Å². The molecule has 0 radical (unpaired) electrons. The lowest BCUT2D eigenvalue weighted by atomic mass is 9.92. The SMILES string of the molecule is CCCCCCC(C)(NC(C)CC)C(=O)OCC. The van der Waals surface area contributed by atoms with Gasteiger partial charge in [-0.05, 0) is 33.6 Å². The van der Waals surface area contributed by atoms with Gasteiger partial charge in [0, 0.05) is 6.04 Å². The molecule has 0 heterocycles. The van der Waals surface area contributed by atoms with Crippen LogP contribution in [0, 0.1) is 0 Å². The molecule has 0 bridgehead atoms. The van der Waals surface area contributed by atoms with E-state index < -0.39 is 5.54 Å². The number of unbranched alkanes of at least 4 members (excludes halogenated alkanes) is 3. The maximum Gasteiger partial charge on any atom is 0.326 e. The molecule has 18 heavy (non-hydrogen) atoms. The molecular formula is C15H31NO2. The van der Waals surface area contributed by atoms with E-state index in [1.165, 1.54) is 19.3 Å². The minimum Gasteiger partial charge on any atom is -0.465 e. The quantitative estimate of drug-likeness (QED) is 0.479. The first-order valence-corrected chi connectivity index (χ1v) is 7.45. The van der Waals surface area contributed by atoms with Crippen LogP contribution >= 0.6 is 0 Å². The van der Waals surface area contributed by atoms with Gasteiger partial charge in [0.1, 0.15) is 5.54 Å². The van der Waals surface area contributed by atoms with E-state index in [9.17, 15) is 4.79 Å². The topological polar surface area (TPSA) is 38.3 Å². The van der Waals surface area contributed by atoms with Gasteiger partial charge < -0.3 is 4.74 Å². The molecule has 0 amide bonds. The highest BCUT2D eigenvalue weighted by atomic mass is 16.5. The Bertz CT molecular complexity index is 231. The van der Waals surface area contributed by atoms with Gasteiger partial charge in [0.05, 0.1) is 6.61 Å². The van der Waals surface area contributed by atoms with Crippen molar-refractivity contribution in [3.63, 3.8) is 0 Å². The highest BCUT2D eigenvalue weighted by Crippen LogP contribution is 2.19. The van der Waals surface area contributed by atoms with Gasteiger partial charge in [0.15, 0.2) is 0 Å². The molecule has 0 aromatic rings. The number of esters is 1. The maximum absolute atomic E-state index is 12.1. The molecular weight excluding hydrogens is 226 g/mol. The van der Waals surface area contributed by atoms with E-state index in [0.29, 0.717) is 12.6 Å². The molecule has 0 aromatic carbocycles. The molecule has 0 aliphatic carbocycles. The fourth-order valence-corrected chi connectivity index (χ4v) is 2.07. The molecule has 2 atom stereocenters. The van der Waals surface area contributed by atoms with E-state index in [2.05, 4.69) is 26.1 Å². The number of ether oxygens (including phenoxy) is 1. The number of carbonyl (C=O) groups is 1. The monoisotopic (exact) mass is 257 g/mol. The molecule has 0 aromatic heterocycles. The minimum atomic E-state index is -0.529. The van der Waals surface area contributed by atoms with Crippen LogP contribution in [0.15, 0.2) is 0 Å². The van der Waals surface area contributed by atoms with Crippen LogP contribution in [0.25, 0.3) is 0 Å². The smallest absolute Gasteiger partial charge is 0.326 e. The molecule has 2 unspecified atom stereocenters. The van der Waals surface area contributed by atoms with Crippen molar-refractivity contribution >= 4 is 5.97 Å². The summed E-state index contributed by atoms with van der Waals surface area (Å²) in [4.78, 5) is 12.1. The Balaban J connectivity index is 4.43. The predicted molar refractivity (Wildman–Crippen MR) is 76.7 cm³/mol. The summed E-state index contributed by atoms with van der Waals surface area (Å²) >= 11 is 0. The molecule has 0 fully saturated rings. The predicted octanol–water partition coefficient (Wildman–Crippen LogP) is 3.67. The molecule has 0 aliphatic rings. The van der Waals surface area contributed by atoms with Crippen molar-refractivity contribution < 1.29 is 9.53 Å². The second kappa shape index (κ2) is 9.37. The Morgan fingerprint density at radius 3 is 2.39 bits per heavy atom. The zero-order chi connectivity index (χ0) is 14.0. The lowest BCUT2D eigenvalue weighted by Gasteiger charge is -2.31. The Morgan fingerprint density at radius 1 is 1.22 bits per heavy atom. The molecule has 108 valence electrons. The summed E-state index contributed by atoms with van der Waals surface area (Å²) in [6.07, 6.45) is 6.59. The van der Waals surface area contributed by atoms with Gasteiger partial charge >= 0.3 is 5.97 Å². The molecule has 0 saturated heterocycles. The van der Waals surface area contributed by atoms with E-state index in [4.69, 9.17) is 4.74 Å². The van der Waals surface area contributed by atoms with Crippen LogP contribution < -0.4 is 5.32 Å². The highest BCUT2D eigenvalue weighted by Gasteiger charge is 2.34. The molecule has 0 spiro atoms. The van der Waals surface area contributed by atoms with Crippen molar-refractivity contribution in [1.82, 2.24) is 5.32 Å². The van der Waals surface area contributed by atoms with Crippen LogP contribution in [0.4, 0.5) is 0 Å². The number of nitrogens with one attached hydrogen (secondary N) is 1. The van der Waals surface area contributed by atoms with E-state index in [0.717, 1.165) is 19.3 Å². The summed E-state index contributed by atoms with van der Waals surface area (Å²) in [5.74, 6) is -0.109. The number of hydrogen-bond acceptors (Lipinski definition) is 3. The van der Waals surface area contributed by atoms with E-state index in [1.54, 1.807) is 0 Å². The highest BCUT2D eigenvalue weighted by molar-refractivity contribution is 5.80. The average Bonchev–Trinajstić information content (AvgIpc) is 2.35. The number of hydrogen-bond donors (Lipinski definition) is 1. The van der Waals surface area contributed by atoms with Gasteiger partial charge in [-0.15, -0.1) is 0 Å². The third-order valence-electron chi connectivity index (χ3n) is 3.43. The third-order valence-corrected chi connectivity index (χ3v) is 3.43. The summed E-state index contributed by atoms with van der Waals surface area (Å²) in [5, 5.41) is 3.43. The van der Waals surface area contributed by atoms with Gasteiger partial charge in [-0.2, -0.15) is 0 Å². The second-order valence-electron chi connectivity index (χ2n) is 5.32. The van der Waals surface area contributed by atoms with Gasteiger partial charge in [-0.25, -0.2) is 0 Å². The normalized spacial score (nSPS) is 16.1. The van der Waals surface area contributed by atoms with Gasteiger partial charge in [-0.3, -0.25) is 10.1 Å². The Kier molecular flexibility index (Phi) is 9.08. The zero-order valence-corrected chi connectivity index (χ0v) is 12.8. The Morgan fingerprint density at radius 2 is 1.89 bits per heavy atom. The lowest BCUT2D eigenvalue weighted by molar-refractivity contribution is -0.151. The lowest BCUT2D eigenvalue weighted by Crippen LogP contribution is -2.53. The standard InChI is InChI=1S/C15H31NO2/c1-6-9-10-11-12-15(5,14(17)18-8-3)16-13(4)7-2/h13,16H,6-12H2,1-5H3. The first kappa shape index (κ1) is 17.4. The summed E-state index contributed by atoms with van der Waals surface area (Å²) in [5.41, 5.74) is -0.529. The van der Waals surface area contributed by atoms with Crippen molar-refractivity contribution in [3.8, 4) is 0 Å². The third kappa shape index (κ3) is 6.39. The van der Waals surface area contributed by atoms with E-state index >= 15 is 0 Å². The van der Waals surface area contributed by atoms with Gasteiger partial charge in [0.25, 0.3) is 0 Å². The van der Waals surface area contributed by atoms with Crippen LogP contribution in [0.5, 0.6) is 0 Å². The fraction of sp³-hybridized carbons (Fsp3) is 0.933. The second-order valence-corrected chi connectivity index (χ2v) is 5.32. The van der Waals surface area contributed by atoms with Crippen molar-refractivity contribution in [1.29, 1.82) is 0 Å². The van der Waals surface area contributed by atoms with E-state index in [-0.39, 0.29) is 5.97 Å². The van der Waals surface area contributed by atoms with Crippen LogP contribution in [0.1, 0.15) is 73.1 Å². The van der Waals surface area contributed by atoms with Crippen molar-refractivity contribution in [2.24, 2.45) is 0 Å². The van der Waals surface area contributed by atoms with Crippen LogP contribution in [0.2, 0.25) is 0 Å². The minimum absolute atomic E-state index is 0.109. The first-order valence-electron chi connectivity index (χ1n) is 7.45. The Labute approximate surface area is 113 Å². The van der Waals surface area contributed by atoms with Crippen LogP contribution in [-0.2, 0) is 9.53 Å².